The maximum absolute atomic E-state index is 4.60. The maximum atomic E-state index is 4.60. The Morgan fingerprint density at radius 3 is 2.71 bits per heavy atom. The molecule has 4 heteroatoms. The average Bonchev–Trinajstić information content (AvgIpc) is 2.86. The lowest BCUT2D eigenvalue weighted by atomic mass is 9.79. The molecule has 2 aromatic heterocycles. The minimum atomic E-state index is 0.342. The molecule has 0 aromatic carbocycles. The van der Waals surface area contributed by atoms with E-state index in [1.165, 1.54) is 19.3 Å². The van der Waals surface area contributed by atoms with E-state index in [1.807, 2.05) is 17.1 Å². The fraction of sp³-hybridized carbons (Fsp3) is 0.647. The molecule has 0 aliphatic heterocycles. The quantitative estimate of drug-likeness (QED) is 0.917. The van der Waals surface area contributed by atoms with E-state index in [4.69, 9.17) is 0 Å². The highest BCUT2D eigenvalue weighted by atomic mass is 15.3. The highest BCUT2D eigenvalue weighted by Crippen LogP contribution is 2.31. The third-order valence-corrected chi connectivity index (χ3v) is 4.89. The molecule has 2 heterocycles. The number of fused-ring (bicyclic) bond motifs is 1. The van der Waals surface area contributed by atoms with E-state index in [1.54, 1.807) is 0 Å². The Hall–Kier alpha value is -1.58. The SMILES string of the molecule is CC1CCC(Nc2cnc3c(cnn3C(C)C)c2)CC1C. The number of nitrogens with one attached hydrogen (secondary N) is 1. The van der Waals surface area contributed by atoms with Crippen molar-refractivity contribution in [2.45, 2.75) is 59.0 Å². The molecule has 1 N–H and O–H groups in total. The second-order valence-electron chi connectivity index (χ2n) is 6.93. The summed E-state index contributed by atoms with van der Waals surface area (Å²) in [6.45, 7) is 9.00. The summed E-state index contributed by atoms with van der Waals surface area (Å²) in [7, 11) is 0. The predicted octanol–water partition coefficient (Wildman–Crippen LogP) is 4.25. The van der Waals surface area contributed by atoms with Crippen LogP contribution < -0.4 is 5.32 Å². The molecule has 1 saturated carbocycles. The van der Waals surface area contributed by atoms with E-state index >= 15 is 0 Å². The van der Waals surface area contributed by atoms with Crippen LogP contribution in [0, 0.1) is 11.8 Å². The molecular weight excluding hydrogens is 260 g/mol. The number of hydrogen-bond donors (Lipinski definition) is 1. The van der Waals surface area contributed by atoms with Crippen LogP contribution in [0.25, 0.3) is 11.0 Å². The second-order valence-corrected chi connectivity index (χ2v) is 6.93. The third-order valence-electron chi connectivity index (χ3n) is 4.89. The summed E-state index contributed by atoms with van der Waals surface area (Å²) >= 11 is 0. The number of anilines is 1. The summed E-state index contributed by atoms with van der Waals surface area (Å²) in [5.41, 5.74) is 2.10. The molecular formula is C17H26N4. The van der Waals surface area contributed by atoms with Crippen molar-refractivity contribution in [2.75, 3.05) is 5.32 Å². The standard InChI is InChI=1S/C17H26N4/c1-11(2)21-17-14(9-19-21)8-16(10-18-17)20-15-6-5-12(3)13(4)7-15/h8-13,15,20H,5-7H2,1-4H3. The molecule has 0 radical (unpaired) electrons. The summed E-state index contributed by atoms with van der Waals surface area (Å²) in [6, 6.07) is 3.10. The van der Waals surface area contributed by atoms with Gasteiger partial charge in [-0.3, -0.25) is 0 Å². The fourth-order valence-electron chi connectivity index (χ4n) is 3.31. The van der Waals surface area contributed by atoms with Gasteiger partial charge in [0.15, 0.2) is 5.65 Å². The summed E-state index contributed by atoms with van der Waals surface area (Å²) in [5.74, 6) is 1.66. The van der Waals surface area contributed by atoms with Gasteiger partial charge in [0.1, 0.15) is 0 Å². The van der Waals surface area contributed by atoms with Gasteiger partial charge in [-0.05, 0) is 51.0 Å². The Bertz CT molecular complexity index is 616. The minimum Gasteiger partial charge on any atom is -0.381 e. The molecule has 2 aromatic rings. The molecule has 0 amide bonds. The first kappa shape index (κ1) is 14.4. The van der Waals surface area contributed by atoms with Crippen molar-refractivity contribution in [1.82, 2.24) is 14.8 Å². The monoisotopic (exact) mass is 286 g/mol. The Balaban J connectivity index is 1.76. The van der Waals surface area contributed by atoms with E-state index in [0.29, 0.717) is 12.1 Å². The van der Waals surface area contributed by atoms with Crippen molar-refractivity contribution in [1.29, 1.82) is 0 Å². The van der Waals surface area contributed by atoms with Crippen molar-refractivity contribution in [3.63, 3.8) is 0 Å². The molecule has 0 bridgehead atoms. The third kappa shape index (κ3) is 2.89. The van der Waals surface area contributed by atoms with Gasteiger partial charge in [-0.15, -0.1) is 0 Å². The minimum absolute atomic E-state index is 0.342. The van der Waals surface area contributed by atoms with E-state index in [0.717, 1.165) is 28.6 Å². The van der Waals surface area contributed by atoms with Crippen LogP contribution in [0.2, 0.25) is 0 Å². The average molecular weight is 286 g/mol. The number of nitrogens with zero attached hydrogens (tertiary/aromatic N) is 3. The molecule has 3 atom stereocenters. The Kier molecular flexibility index (Phi) is 3.87. The van der Waals surface area contributed by atoms with Gasteiger partial charge in [-0.2, -0.15) is 5.10 Å². The maximum Gasteiger partial charge on any atom is 0.158 e. The molecule has 1 fully saturated rings. The first-order chi connectivity index (χ1) is 10.0. The summed E-state index contributed by atoms with van der Waals surface area (Å²) in [5, 5.41) is 9.21. The van der Waals surface area contributed by atoms with Gasteiger partial charge >= 0.3 is 0 Å². The first-order valence-corrected chi connectivity index (χ1v) is 8.14. The van der Waals surface area contributed by atoms with Gasteiger partial charge in [0.05, 0.1) is 18.1 Å². The Morgan fingerprint density at radius 1 is 1.19 bits per heavy atom. The highest BCUT2D eigenvalue weighted by molar-refractivity contribution is 5.78. The lowest BCUT2D eigenvalue weighted by Gasteiger charge is -2.33. The zero-order chi connectivity index (χ0) is 15.0. The summed E-state index contributed by atoms with van der Waals surface area (Å²) in [6.07, 6.45) is 7.70. The molecule has 21 heavy (non-hydrogen) atoms. The smallest absolute Gasteiger partial charge is 0.158 e. The zero-order valence-electron chi connectivity index (χ0n) is 13.5. The molecule has 1 aliphatic rings. The van der Waals surface area contributed by atoms with Crippen LogP contribution in [-0.2, 0) is 0 Å². The van der Waals surface area contributed by atoms with Crippen LogP contribution >= 0.6 is 0 Å². The largest absolute Gasteiger partial charge is 0.381 e. The van der Waals surface area contributed by atoms with Crippen molar-refractivity contribution in [2.24, 2.45) is 11.8 Å². The van der Waals surface area contributed by atoms with Crippen molar-refractivity contribution in [3.8, 4) is 0 Å². The Morgan fingerprint density at radius 2 is 2.00 bits per heavy atom. The van der Waals surface area contributed by atoms with Crippen LogP contribution in [0.3, 0.4) is 0 Å². The number of aromatic nitrogens is 3. The van der Waals surface area contributed by atoms with Crippen molar-refractivity contribution >= 4 is 16.7 Å². The molecule has 0 saturated heterocycles. The molecule has 114 valence electrons. The molecule has 3 rings (SSSR count). The van der Waals surface area contributed by atoms with Gasteiger partial charge in [-0.25, -0.2) is 9.67 Å². The van der Waals surface area contributed by atoms with Crippen LogP contribution in [0.15, 0.2) is 18.5 Å². The van der Waals surface area contributed by atoms with Crippen molar-refractivity contribution in [3.05, 3.63) is 18.5 Å². The summed E-state index contributed by atoms with van der Waals surface area (Å²) in [4.78, 5) is 4.60. The van der Waals surface area contributed by atoms with Gasteiger partial charge in [0.25, 0.3) is 0 Å². The number of pyridine rings is 1. The van der Waals surface area contributed by atoms with Crippen LogP contribution in [0.1, 0.15) is 53.0 Å². The lowest BCUT2D eigenvalue weighted by Crippen LogP contribution is -2.30. The molecule has 1 aliphatic carbocycles. The normalized spacial score (nSPS) is 26.4. The van der Waals surface area contributed by atoms with Gasteiger partial charge < -0.3 is 5.32 Å². The topological polar surface area (TPSA) is 42.7 Å². The second kappa shape index (κ2) is 5.66. The Labute approximate surface area is 126 Å². The van der Waals surface area contributed by atoms with Gasteiger partial charge in [0, 0.05) is 17.5 Å². The van der Waals surface area contributed by atoms with E-state index in [2.05, 4.69) is 49.2 Å². The van der Waals surface area contributed by atoms with Crippen molar-refractivity contribution < 1.29 is 0 Å². The van der Waals surface area contributed by atoms with Gasteiger partial charge in [-0.1, -0.05) is 13.8 Å². The lowest BCUT2D eigenvalue weighted by molar-refractivity contribution is 0.261. The zero-order valence-corrected chi connectivity index (χ0v) is 13.5. The highest BCUT2D eigenvalue weighted by Gasteiger charge is 2.24. The number of hydrogen-bond acceptors (Lipinski definition) is 3. The molecule has 0 spiro atoms. The number of rotatable bonds is 3. The molecule has 3 unspecified atom stereocenters. The van der Waals surface area contributed by atoms with Crippen LogP contribution in [0.5, 0.6) is 0 Å². The summed E-state index contributed by atoms with van der Waals surface area (Å²) < 4.78 is 1.98. The van der Waals surface area contributed by atoms with Crippen LogP contribution in [-0.4, -0.2) is 20.8 Å². The van der Waals surface area contributed by atoms with Gasteiger partial charge in [0.2, 0.25) is 0 Å². The van der Waals surface area contributed by atoms with E-state index in [9.17, 15) is 0 Å². The molecule has 4 nitrogen and oxygen atoms in total. The first-order valence-electron chi connectivity index (χ1n) is 8.14. The fourth-order valence-corrected chi connectivity index (χ4v) is 3.31. The van der Waals surface area contributed by atoms with Crippen LogP contribution in [0.4, 0.5) is 5.69 Å². The van der Waals surface area contributed by atoms with E-state index in [-0.39, 0.29) is 0 Å². The van der Waals surface area contributed by atoms with E-state index < -0.39 is 0 Å². The predicted molar refractivity (Wildman–Crippen MR) is 87.5 cm³/mol.